The van der Waals surface area contributed by atoms with Gasteiger partial charge in [-0.3, -0.25) is 15.5 Å². The van der Waals surface area contributed by atoms with Crippen LogP contribution in [-0.4, -0.2) is 38.5 Å². The smallest absolute Gasteiger partial charge is 0.330 e. The standard InChI is InChI=1S/C13H22N6O2/c1-4-14-13-15-8-11(19(20)21)12(16-13)17-18-9(2)6-5-7-10(18)3/h8-10H,4-7H2,1-3H3,(H2,14,15,16,17). The fraction of sp³-hybridized carbons (Fsp3) is 0.692. The lowest BCUT2D eigenvalue weighted by Crippen LogP contribution is -2.47. The maximum atomic E-state index is 11.1. The molecular formula is C13H22N6O2. The van der Waals surface area contributed by atoms with Crippen molar-refractivity contribution in [2.75, 3.05) is 17.3 Å². The van der Waals surface area contributed by atoms with E-state index in [0.29, 0.717) is 24.6 Å². The lowest BCUT2D eigenvalue weighted by atomic mass is 10.00. The van der Waals surface area contributed by atoms with E-state index in [1.807, 2.05) is 6.92 Å². The van der Waals surface area contributed by atoms with Gasteiger partial charge in [-0.2, -0.15) is 4.98 Å². The van der Waals surface area contributed by atoms with Crippen molar-refractivity contribution in [3.05, 3.63) is 16.3 Å². The first-order valence-electron chi connectivity index (χ1n) is 7.33. The average molecular weight is 294 g/mol. The van der Waals surface area contributed by atoms with Crippen LogP contribution in [0.1, 0.15) is 40.0 Å². The van der Waals surface area contributed by atoms with Crippen molar-refractivity contribution in [1.82, 2.24) is 15.0 Å². The molecule has 8 nitrogen and oxygen atoms in total. The van der Waals surface area contributed by atoms with Gasteiger partial charge in [0.15, 0.2) is 0 Å². The van der Waals surface area contributed by atoms with Crippen LogP contribution in [0.25, 0.3) is 0 Å². The number of rotatable bonds is 5. The van der Waals surface area contributed by atoms with E-state index < -0.39 is 4.92 Å². The normalized spacial score (nSPS) is 22.8. The number of hydrogen-bond acceptors (Lipinski definition) is 7. The van der Waals surface area contributed by atoms with Crippen LogP contribution in [0.2, 0.25) is 0 Å². The molecule has 0 spiro atoms. The third-order valence-electron chi connectivity index (χ3n) is 3.73. The Balaban J connectivity index is 2.27. The molecule has 1 aromatic heterocycles. The van der Waals surface area contributed by atoms with E-state index in [9.17, 15) is 10.1 Å². The number of aromatic nitrogens is 2. The van der Waals surface area contributed by atoms with E-state index in [1.54, 1.807) is 0 Å². The first-order chi connectivity index (χ1) is 10.0. The molecule has 0 aromatic carbocycles. The zero-order chi connectivity index (χ0) is 15.4. The summed E-state index contributed by atoms with van der Waals surface area (Å²) in [6.45, 7) is 6.81. The Kier molecular flexibility index (Phi) is 4.89. The Morgan fingerprint density at radius 2 is 2.10 bits per heavy atom. The minimum Gasteiger partial charge on any atom is -0.354 e. The van der Waals surface area contributed by atoms with Gasteiger partial charge in [0, 0.05) is 18.6 Å². The van der Waals surface area contributed by atoms with Gasteiger partial charge in [-0.15, -0.1) is 0 Å². The van der Waals surface area contributed by atoms with E-state index >= 15 is 0 Å². The minimum absolute atomic E-state index is 0.110. The van der Waals surface area contributed by atoms with Crippen LogP contribution in [0.5, 0.6) is 0 Å². The van der Waals surface area contributed by atoms with Crippen LogP contribution in [-0.2, 0) is 0 Å². The molecule has 2 rings (SSSR count). The maximum Gasteiger partial charge on any atom is 0.330 e. The van der Waals surface area contributed by atoms with Gasteiger partial charge in [-0.1, -0.05) is 6.42 Å². The van der Waals surface area contributed by atoms with Crippen molar-refractivity contribution in [2.45, 2.75) is 52.1 Å². The van der Waals surface area contributed by atoms with E-state index in [4.69, 9.17) is 0 Å². The molecule has 0 radical (unpaired) electrons. The molecule has 2 atom stereocenters. The highest BCUT2D eigenvalue weighted by Gasteiger charge is 2.28. The monoisotopic (exact) mass is 294 g/mol. The molecule has 2 heterocycles. The predicted octanol–water partition coefficient (Wildman–Crippen LogP) is 2.41. The highest BCUT2D eigenvalue weighted by Crippen LogP contribution is 2.27. The molecule has 21 heavy (non-hydrogen) atoms. The van der Waals surface area contributed by atoms with E-state index in [1.165, 1.54) is 12.6 Å². The van der Waals surface area contributed by atoms with Crippen molar-refractivity contribution in [2.24, 2.45) is 0 Å². The van der Waals surface area contributed by atoms with Crippen molar-refractivity contribution < 1.29 is 4.92 Å². The Morgan fingerprint density at radius 3 is 2.67 bits per heavy atom. The number of nitrogens with one attached hydrogen (secondary N) is 2. The predicted molar refractivity (Wildman–Crippen MR) is 81.1 cm³/mol. The van der Waals surface area contributed by atoms with E-state index in [0.717, 1.165) is 12.8 Å². The number of nitro groups is 1. The number of piperidine rings is 1. The Morgan fingerprint density at radius 1 is 1.43 bits per heavy atom. The molecular weight excluding hydrogens is 272 g/mol. The zero-order valence-electron chi connectivity index (χ0n) is 12.7. The summed E-state index contributed by atoms with van der Waals surface area (Å²) in [4.78, 5) is 18.9. The van der Waals surface area contributed by atoms with Crippen LogP contribution in [0.15, 0.2) is 6.20 Å². The molecule has 1 fully saturated rings. The summed E-state index contributed by atoms with van der Waals surface area (Å²) in [5.74, 6) is 0.634. The molecule has 1 saturated heterocycles. The summed E-state index contributed by atoms with van der Waals surface area (Å²) in [5.41, 5.74) is 3.02. The fourth-order valence-electron chi connectivity index (χ4n) is 2.60. The van der Waals surface area contributed by atoms with Gasteiger partial charge in [0.25, 0.3) is 0 Å². The molecule has 0 saturated carbocycles. The molecule has 2 unspecified atom stereocenters. The van der Waals surface area contributed by atoms with E-state index in [-0.39, 0.29) is 11.5 Å². The summed E-state index contributed by atoms with van der Waals surface area (Å²) < 4.78 is 0. The highest BCUT2D eigenvalue weighted by molar-refractivity contribution is 5.56. The lowest BCUT2D eigenvalue weighted by molar-refractivity contribution is -0.384. The molecule has 2 N–H and O–H groups in total. The molecule has 0 bridgehead atoms. The van der Waals surface area contributed by atoms with Crippen molar-refractivity contribution in [1.29, 1.82) is 0 Å². The van der Waals surface area contributed by atoms with Crippen LogP contribution in [0.3, 0.4) is 0 Å². The van der Waals surface area contributed by atoms with Gasteiger partial charge in [0.1, 0.15) is 6.20 Å². The minimum atomic E-state index is -0.461. The number of hydrogen-bond donors (Lipinski definition) is 2. The van der Waals surface area contributed by atoms with Gasteiger partial charge >= 0.3 is 5.69 Å². The molecule has 1 aromatic rings. The largest absolute Gasteiger partial charge is 0.354 e. The van der Waals surface area contributed by atoms with Gasteiger partial charge in [0.05, 0.1) is 4.92 Å². The first-order valence-corrected chi connectivity index (χ1v) is 7.33. The van der Waals surface area contributed by atoms with Gasteiger partial charge in [-0.05, 0) is 33.6 Å². The SMILES string of the molecule is CCNc1ncc([N+](=O)[O-])c(NN2C(C)CCCC2C)n1. The summed E-state index contributed by atoms with van der Waals surface area (Å²) >= 11 is 0. The van der Waals surface area contributed by atoms with Crippen LogP contribution in [0, 0.1) is 10.1 Å². The highest BCUT2D eigenvalue weighted by atomic mass is 16.6. The quantitative estimate of drug-likeness (QED) is 0.635. The summed E-state index contributed by atoms with van der Waals surface area (Å²) in [5, 5.41) is 16.2. The Hall–Kier alpha value is -1.96. The second-order valence-corrected chi connectivity index (χ2v) is 5.36. The van der Waals surface area contributed by atoms with E-state index in [2.05, 4.69) is 39.6 Å². The first kappa shape index (κ1) is 15.4. The number of hydrazine groups is 1. The van der Waals surface area contributed by atoms with Gasteiger partial charge in [0.2, 0.25) is 11.8 Å². The average Bonchev–Trinajstić information content (AvgIpc) is 2.43. The number of nitrogens with zero attached hydrogens (tertiary/aromatic N) is 4. The topological polar surface area (TPSA) is 96.2 Å². The fourth-order valence-corrected chi connectivity index (χ4v) is 2.60. The summed E-state index contributed by atoms with van der Waals surface area (Å²) in [7, 11) is 0. The molecule has 1 aliphatic heterocycles. The van der Waals surface area contributed by atoms with Gasteiger partial charge in [-0.25, -0.2) is 9.99 Å². The van der Waals surface area contributed by atoms with Crippen LogP contribution >= 0.6 is 0 Å². The molecule has 8 heteroatoms. The van der Waals surface area contributed by atoms with Crippen LogP contribution in [0.4, 0.5) is 17.5 Å². The van der Waals surface area contributed by atoms with Crippen molar-refractivity contribution in [3.8, 4) is 0 Å². The maximum absolute atomic E-state index is 11.1. The second kappa shape index (κ2) is 6.66. The zero-order valence-corrected chi connectivity index (χ0v) is 12.7. The van der Waals surface area contributed by atoms with Crippen LogP contribution < -0.4 is 10.7 Å². The van der Waals surface area contributed by atoms with Gasteiger partial charge < -0.3 is 5.32 Å². The molecule has 0 amide bonds. The molecule has 116 valence electrons. The summed E-state index contributed by atoms with van der Waals surface area (Å²) in [6, 6.07) is 0.622. The van der Waals surface area contributed by atoms with Crippen molar-refractivity contribution in [3.63, 3.8) is 0 Å². The lowest BCUT2D eigenvalue weighted by Gasteiger charge is -2.38. The van der Waals surface area contributed by atoms with Crippen molar-refractivity contribution >= 4 is 17.5 Å². The molecule has 1 aliphatic rings. The molecule has 0 aliphatic carbocycles. The third-order valence-corrected chi connectivity index (χ3v) is 3.73. The Bertz CT molecular complexity index is 499. The Labute approximate surface area is 124 Å². The third kappa shape index (κ3) is 3.57. The second-order valence-electron chi connectivity index (χ2n) is 5.36. The summed E-state index contributed by atoms with van der Waals surface area (Å²) in [6.07, 6.45) is 4.55. The number of anilines is 2.